The molecule has 0 radical (unpaired) electrons. The highest BCUT2D eigenvalue weighted by Gasteiger charge is 2.27. The summed E-state index contributed by atoms with van der Waals surface area (Å²) in [5, 5.41) is 9.07. The van der Waals surface area contributed by atoms with Gasteiger partial charge in [0.15, 0.2) is 17.0 Å². The van der Waals surface area contributed by atoms with E-state index >= 15 is 0 Å². The lowest BCUT2D eigenvalue weighted by molar-refractivity contribution is 0.0742. The topological polar surface area (TPSA) is 110 Å². The summed E-state index contributed by atoms with van der Waals surface area (Å²) in [6, 6.07) is 14.7. The zero-order valence-corrected chi connectivity index (χ0v) is 18.3. The number of piperazine rings is 1. The smallest absolute Gasteiger partial charge is 0.349 e. The van der Waals surface area contributed by atoms with E-state index in [1.54, 1.807) is 41.3 Å². The Hall–Kier alpha value is -4.67. The van der Waals surface area contributed by atoms with Crippen molar-refractivity contribution in [1.82, 2.24) is 29.9 Å². The molecule has 0 bridgehead atoms. The first-order valence-corrected chi connectivity index (χ1v) is 11.0. The van der Waals surface area contributed by atoms with Crippen molar-refractivity contribution in [2.45, 2.75) is 0 Å². The Bertz CT molecular complexity index is 1640. The van der Waals surface area contributed by atoms with Gasteiger partial charge >= 0.3 is 5.63 Å². The second kappa shape index (κ2) is 8.28. The summed E-state index contributed by atoms with van der Waals surface area (Å²) >= 11 is 0. The number of carbonyl (C=O) groups excluding carboxylic acids is 1. The van der Waals surface area contributed by atoms with Crippen molar-refractivity contribution in [2.75, 3.05) is 31.1 Å². The first-order valence-electron chi connectivity index (χ1n) is 11.0. The fourth-order valence-corrected chi connectivity index (χ4v) is 4.25. The quantitative estimate of drug-likeness (QED) is 0.369. The fraction of sp³-hybridized carbons (Fsp3) is 0.167. The summed E-state index contributed by atoms with van der Waals surface area (Å²) in [6.07, 6.45) is 1.41. The number of anilines is 1. The minimum Gasteiger partial charge on any atom is -0.422 e. The number of amides is 1. The molecule has 6 rings (SSSR count). The number of carbonyl (C=O) groups is 1. The lowest BCUT2D eigenvalue weighted by Crippen LogP contribution is -2.49. The molecule has 1 fully saturated rings. The van der Waals surface area contributed by atoms with E-state index in [-0.39, 0.29) is 17.3 Å². The number of halogens is 1. The molecule has 0 N–H and O–H groups in total. The number of hydrogen-bond donors (Lipinski definition) is 0. The standard InChI is InChI=1S/C24H18FN7O3/c25-16-5-3-6-17(13-16)32-22-20(28-29-32)21(26-14-27-22)30-8-10-31(11-9-30)23(33)18-12-15-4-1-2-7-19(15)35-24(18)34/h1-7,12-14H,8-11H2. The van der Waals surface area contributed by atoms with Crippen LogP contribution in [-0.2, 0) is 0 Å². The van der Waals surface area contributed by atoms with Gasteiger partial charge in [-0.25, -0.2) is 19.2 Å². The molecule has 0 saturated carbocycles. The van der Waals surface area contributed by atoms with E-state index < -0.39 is 5.63 Å². The van der Waals surface area contributed by atoms with Gasteiger partial charge in [0.2, 0.25) is 0 Å². The number of nitrogens with zero attached hydrogens (tertiary/aromatic N) is 7. The first kappa shape index (κ1) is 20.9. The van der Waals surface area contributed by atoms with Crippen molar-refractivity contribution in [2.24, 2.45) is 0 Å². The van der Waals surface area contributed by atoms with Crippen LogP contribution in [-0.4, -0.2) is 61.9 Å². The molecule has 1 aliphatic heterocycles. The predicted octanol–water partition coefficient (Wildman–Crippen LogP) is 2.42. The van der Waals surface area contributed by atoms with Crippen molar-refractivity contribution >= 4 is 33.9 Å². The molecule has 174 valence electrons. The molecular formula is C24H18FN7O3. The van der Waals surface area contributed by atoms with Crippen LogP contribution in [0.4, 0.5) is 10.2 Å². The third kappa shape index (κ3) is 3.66. The summed E-state index contributed by atoms with van der Waals surface area (Å²) in [7, 11) is 0. The number of rotatable bonds is 3. The van der Waals surface area contributed by atoms with Gasteiger partial charge in [0, 0.05) is 31.6 Å². The maximum Gasteiger partial charge on any atom is 0.349 e. The van der Waals surface area contributed by atoms with E-state index in [9.17, 15) is 14.0 Å². The maximum absolute atomic E-state index is 13.7. The second-order valence-electron chi connectivity index (χ2n) is 8.12. The maximum atomic E-state index is 13.7. The SMILES string of the molecule is O=C(c1cc2ccccc2oc1=O)N1CCN(c2ncnc3c2nnn3-c2cccc(F)c2)CC1. The molecule has 1 aliphatic rings. The Balaban J connectivity index is 1.24. The molecule has 35 heavy (non-hydrogen) atoms. The lowest BCUT2D eigenvalue weighted by atomic mass is 10.1. The van der Waals surface area contributed by atoms with Crippen molar-refractivity contribution in [3.63, 3.8) is 0 Å². The Morgan fingerprint density at radius 1 is 0.971 bits per heavy atom. The first-order chi connectivity index (χ1) is 17.1. The Morgan fingerprint density at radius 2 is 1.80 bits per heavy atom. The Labute approximate surface area is 197 Å². The molecule has 0 atom stereocenters. The average Bonchev–Trinajstić information content (AvgIpc) is 3.32. The van der Waals surface area contributed by atoms with Gasteiger partial charge in [-0.15, -0.1) is 5.10 Å². The molecule has 5 aromatic rings. The van der Waals surface area contributed by atoms with Crippen LogP contribution in [0.1, 0.15) is 10.4 Å². The fourth-order valence-electron chi connectivity index (χ4n) is 4.25. The second-order valence-corrected chi connectivity index (χ2v) is 8.12. The number of para-hydroxylation sites is 1. The van der Waals surface area contributed by atoms with E-state index in [1.807, 2.05) is 11.0 Å². The highest BCUT2D eigenvalue weighted by Crippen LogP contribution is 2.24. The molecule has 4 heterocycles. The minimum absolute atomic E-state index is 0.0135. The van der Waals surface area contributed by atoms with Crippen LogP contribution in [0.15, 0.2) is 70.1 Å². The molecular weight excluding hydrogens is 453 g/mol. The van der Waals surface area contributed by atoms with Crippen molar-refractivity contribution < 1.29 is 13.6 Å². The van der Waals surface area contributed by atoms with Gasteiger partial charge in [-0.1, -0.05) is 29.5 Å². The van der Waals surface area contributed by atoms with E-state index in [0.29, 0.717) is 59.8 Å². The molecule has 1 amide bonds. The summed E-state index contributed by atoms with van der Waals surface area (Å²) in [6.45, 7) is 1.72. The van der Waals surface area contributed by atoms with Gasteiger partial charge in [0.05, 0.1) is 5.69 Å². The van der Waals surface area contributed by atoms with Crippen molar-refractivity contribution in [3.05, 3.63) is 82.7 Å². The van der Waals surface area contributed by atoms with E-state index in [2.05, 4.69) is 20.3 Å². The molecule has 10 nitrogen and oxygen atoms in total. The van der Waals surface area contributed by atoms with Gasteiger partial charge in [-0.05, 0) is 30.3 Å². The average molecular weight is 471 g/mol. The third-order valence-corrected chi connectivity index (χ3v) is 6.01. The predicted molar refractivity (Wildman–Crippen MR) is 125 cm³/mol. The normalized spacial score (nSPS) is 14.1. The van der Waals surface area contributed by atoms with Gasteiger partial charge in [-0.3, -0.25) is 4.79 Å². The van der Waals surface area contributed by atoms with Crippen LogP contribution in [0.5, 0.6) is 0 Å². The molecule has 1 saturated heterocycles. The van der Waals surface area contributed by atoms with E-state index in [4.69, 9.17) is 4.42 Å². The number of aromatic nitrogens is 5. The van der Waals surface area contributed by atoms with E-state index in [0.717, 1.165) is 0 Å². The number of benzene rings is 2. The van der Waals surface area contributed by atoms with Gasteiger partial charge < -0.3 is 14.2 Å². The molecule has 0 aliphatic carbocycles. The zero-order chi connectivity index (χ0) is 23.9. The summed E-state index contributed by atoms with van der Waals surface area (Å²) in [5.41, 5.74) is 1.24. The van der Waals surface area contributed by atoms with Gasteiger partial charge in [0.25, 0.3) is 5.91 Å². The molecule has 3 aromatic heterocycles. The van der Waals surface area contributed by atoms with Crippen LogP contribution < -0.4 is 10.5 Å². The van der Waals surface area contributed by atoms with Crippen molar-refractivity contribution in [1.29, 1.82) is 0 Å². The lowest BCUT2D eigenvalue weighted by Gasteiger charge is -2.35. The summed E-state index contributed by atoms with van der Waals surface area (Å²) in [5.74, 6) is -0.175. The van der Waals surface area contributed by atoms with Crippen molar-refractivity contribution in [3.8, 4) is 5.69 Å². The van der Waals surface area contributed by atoms with Gasteiger partial charge in [0.1, 0.15) is 23.3 Å². The summed E-state index contributed by atoms with van der Waals surface area (Å²) in [4.78, 5) is 37.8. The largest absolute Gasteiger partial charge is 0.422 e. The summed E-state index contributed by atoms with van der Waals surface area (Å²) < 4.78 is 20.5. The number of hydrogen-bond acceptors (Lipinski definition) is 8. The minimum atomic E-state index is -0.650. The van der Waals surface area contributed by atoms with Crippen LogP contribution in [0, 0.1) is 5.82 Å². The van der Waals surface area contributed by atoms with E-state index in [1.165, 1.54) is 23.1 Å². The molecule has 11 heteroatoms. The van der Waals surface area contributed by atoms with Gasteiger partial charge in [-0.2, -0.15) is 4.68 Å². The molecule has 2 aromatic carbocycles. The molecule has 0 unspecified atom stereocenters. The third-order valence-electron chi connectivity index (χ3n) is 6.01. The van der Waals surface area contributed by atoms with Crippen LogP contribution >= 0.6 is 0 Å². The number of fused-ring (bicyclic) bond motifs is 2. The zero-order valence-electron chi connectivity index (χ0n) is 18.3. The molecule has 0 spiro atoms. The monoisotopic (exact) mass is 471 g/mol. The Morgan fingerprint density at radius 3 is 2.63 bits per heavy atom. The van der Waals surface area contributed by atoms with Crippen LogP contribution in [0.3, 0.4) is 0 Å². The highest BCUT2D eigenvalue weighted by atomic mass is 19.1. The Kier molecular flexibility index (Phi) is 4.94. The van der Waals surface area contributed by atoms with Crippen LogP contribution in [0.25, 0.3) is 27.8 Å². The van der Waals surface area contributed by atoms with Crippen LogP contribution in [0.2, 0.25) is 0 Å². The highest BCUT2D eigenvalue weighted by molar-refractivity contribution is 5.96.